The van der Waals surface area contributed by atoms with Gasteiger partial charge in [0.1, 0.15) is 5.82 Å². The molecule has 1 rings (SSSR count). The van der Waals surface area contributed by atoms with E-state index in [1.165, 1.54) is 12.1 Å². The second-order valence-electron chi connectivity index (χ2n) is 3.69. The number of nitrogens with one attached hydrogen (secondary N) is 1. The van der Waals surface area contributed by atoms with Crippen LogP contribution in [0.15, 0.2) is 16.6 Å². The molecule has 0 aliphatic rings. The van der Waals surface area contributed by atoms with Crippen molar-refractivity contribution < 1.29 is 17.6 Å². The van der Waals surface area contributed by atoms with Crippen LogP contribution in [0.1, 0.15) is 5.56 Å². The summed E-state index contributed by atoms with van der Waals surface area (Å²) in [5.41, 5.74) is 0.822. The number of halogens is 5. The van der Waals surface area contributed by atoms with Crippen LogP contribution in [-0.4, -0.2) is 12.7 Å². The van der Waals surface area contributed by atoms with Crippen molar-refractivity contribution in [3.8, 4) is 6.07 Å². The molecule has 0 saturated carbocycles. The maximum atomic E-state index is 13.2. The van der Waals surface area contributed by atoms with Gasteiger partial charge in [-0.2, -0.15) is 18.4 Å². The molecule has 1 unspecified atom stereocenters. The van der Waals surface area contributed by atoms with Crippen LogP contribution in [0.25, 0.3) is 0 Å². The summed E-state index contributed by atoms with van der Waals surface area (Å²) in [7, 11) is 0. The summed E-state index contributed by atoms with van der Waals surface area (Å²) in [6.45, 7) is 1.02. The molecule has 98 valence electrons. The quantitative estimate of drug-likeness (QED) is 0.853. The minimum atomic E-state index is -4.59. The summed E-state index contributed by atoms with van der Waals surface area (Å²) in [5, 5.41) is 10.9. The minimum Gasteiger partial charge on any atom is -0.383 e. The van der Waals surface area contributed by atoms with Crippen molar-refractivity contribution in [3.05, 3.63) is 28.0 Å². The van der Waals surface area contributed by atoms with Crippen LogP contribution >= 0.6 is 15.9 Å². The van der Waals surface area contributed by atoms with Gasteiger partial charge in [0.25, 0.3) is 0 Å². The first-order chi connectivity index (χ1) is 8.25. The molecule has 0 saturated heterocycles. The molecule has 0 spiro atoms. The summed E-state index contributed by atoms with van der Waals surface area (Å²) >= 11 is 2.97. The fourth-order valence-corrected chi connectivity index (χ4v) is 1.74. The van der Waals surface area contributed by atoms with Crippen molar-refractivity contribution in [1.29, 1.82) is 5.26 Å². The van der Waals surface area contributed by atoms with E-state index in [0.29, 0.717) is 5.56 Å². The van der Waals surface area contributed by atoms with Gasteiger partial charge < -0.3 is 5.32 Å². The topological polar surface area (TPSA) is 35.8 Å². The van der Waals surface area contributed by atoms with Crippen molar-refractivity contribution in [2.75, 3.05) is 11.9 Å². The number of nitriles is 1. The zero-order valence-corrected chi connectivity index (χ0v) is 10.9. The Balaban J connectivity index is 2.81. The molecule has 1 aromatic carbocycles. The number of rotatable bonds is 3. The van der Waals surface area contributed by atoms with Crippen LogP contribution in [0.4, 0.5) is 23.2 Å². The molecule has 1 aromatic rings. The largest absolute Gasteiger partial charge is 0.406 e. The van der Waals surface area contributed by atoms with Crippen LogP contribution in [0.3, 0.4) is 0 Å². The first-order valence-electron chi connectivity index (χ1n) is 4.91. The lowest BCUT2D eigenvalue weighted by molar-refractivity contribution is -0.155. The van der Waals surface area contributed by atoms with Crippen molar-refractivity contribution in [2.45, 2.75) is 13.1 Å². The van der Waals surface area contributed by atoms with Crippen LogP contribution in [-0.2, 0) is 0 Å². The van der Waals surface area contributed by atoms with Gasteiger partial charge in [-0.1, -0.05) is 0 Å². The van der Waals surface area contributed by atoms with E-state index in [1.807, 2.05) is 0 Å². The molecular formula is C11H9BrF4N2. The number of nitrogens with zero attached hydrogens (tertiary/aromatic N) is 1. The highest BCUT2D eigenvalue weighted by Gasteiger charge is 2.39. The predicted molar refractivity (Wildman–Crippen MR) is 62.5 cm³/mol. The molecular weight excluding hydrogens is 316 g/mol. The Bertz CT molecular complexity index is 479. The molecule has 0 fully saturated rings. The third-order valence-corrected chi connectivity index (χ3v) is 2.92. The lowest BCUT2D eigenvalue weighted by atomic mass is 10.1. The number of hydrogen-bond donors (Lipinski definition) is 1. The predicted octanol–water partition coefficient (Wildman–Crippen LogP) is 4.01. The van der Waals surface area contributed by atoms with E-state index in [-0.39, 0.29) is 10.2 Å². The molecule has 2 nitrogen and oxygen atoms in total. The Morgan fingerprint density at radius 3 is 2.56 bits per heavy atom. The molecule has 7 heteroatoms. The third-order valence-electron chi connectivity index (χ3n) is 2.31. The van der Waals surface area contributed by atoms with Gasteiger partial charge >= 0.3 is 6.18 Å². The molecule has 1 N–H and O–H groups in total. The maximum Gasteiger partial charge on any atom is 0.406 e. The maximum absolute atomic E-state index is 13.2. The van der Waals surface area contributed by atoms with Crippen molar-refractivity contribution in [1.82, 2.24) is 0 Å². The normalized spacial score (nSPS) is 12.9. The molecule has 0 heterocycles. The number of aryl methyl sites for hydroxylation is 1. The van der Waals surface area contributed by atoms with E-state index in [9.17, 15) is 17.6 Å². The molecule has 0 aliphatic carbocycles. The van der Waals surface area contributed by atoms with Crippen LogP contribution in [0.2, 0.25) is 0 Å². The lowest BCUT2D eigenvalue weighted by Gasteiger charge is -2.16. The smallest absolute Gasteiger partial charge is 0.383 e. The van der Waals surface area contributed by atoms with Crippen molar-refractivity contribution >= 4 is 21.6 Å². The fourth-order valence-electron chi connectivity index (χ4n) is 1.28. The van der Waals surface area contributed by atoms with E-state index in [4.69, 9.17) is 5.26 Å². The molecule has 1 atom stereocenters. The van der Waals surface area contributed by atoms with E-state index in [2.05, 4.69) is 21.2 Å². The highest BCUT2D eigenvalue weighted by atomic mass is 79.9. The number of hydrogen-bond acceptors (Lipinski definition) is 2. The molecule has 0 aliphatic heterocycles. The molecule has 18 heavy (non-hydrogen) atoms. The van der Waals surface area contributed by atoms with E-state index < -0.39 is 24.5 Å². The molecule has 0 bridgehead atoms. The SMILES string of the molecule is Cc1cc(Br)c(F)cc1NCC(C#N)C(F)(F)F. The van der Waals surface area contributed by atoms with Crippen LogP contribution in [0.5, 0.6) is 0 Å². The number of anilines is 1. The summed E-state index contributed by atoms with van der Waals surface area (Å²) in [5.74, 6) is -2.70. The summed E-state index contributed by atoms with van der Waals surface area (Å²) in [6.07, 6.45) is -4.59. The second-order valence-corrected chi connectivity index (χ2v) is 4.54. The monoisotopic (exact) mass is 324 g/mol. The van der Waals surface area contributed by atoms with Crippen molar-refractivity contribution in [2.24, 2.45) is 5.92 Å². The standard InChI is InChI=1S/C11H9BrF4N2/c1-6-2-8(12)9(13)3-10(6)18-5-7(4-17)11(14,15)16/h2-3,7,18H,5H2,1H3. The zero-order valence-electron chi connectivity index (χ0n) is 9.28. The van der Waals surface area contributed by atoms with Gasteiger partial charge in [-0.3, -0.25) is 0 Å². The van der Waals surface area contributed by atoms with Crippen LogP contribution < -0.4 is 5.32 Å². The Labute approximate surface area is 110 Å². The summed E-state index contributed by atoms with van der Waals surface area (Å²) < 4.78 is 50.4. The molecule has 0 amide bonds. The fraction of sp³-hybridized carbons (Fsp3) is 0.364. The Hall–Kier alpha value is -1.29. The van der Waals surface area contributed by atoms with Gasteiger partial charge in [0.2, 0.25) is 0 Å². The van der Waals surface area contributed by atoms with Gasteiger partial charge in [0.15, 0.2) is 5.92 Å². The first kappa shape index (κ1) is 14.8. The van der Waals surface area contributed by atoms with Crippen molar-refractivity contribution in [3.63, 3.8) is 0 Å². The van der Waals surface area contributed by atoms with Gasteiger partial charge in [-0.25, -0.2) is 4.39 Å². The third kappa shape index (κ3) is 3.60. The zero-order chi connectivity index (χ0) is 13.9. The summed E-state index contributed by atoms with van der Waals surface area (Å²) in [4.78, 5) is 0. The Morgan fingerprint density at radius 1 is 1.44 bits per heavy atom. The highest BCUT2D eigenvalue weighted by Crippen LogP contribution is 2.28. The van der Waals surface area contributed by atoms with E-state index >= 15 is 0 Å². The minimum absolute atomic E-state index is 0.234. The number of benzene rings is 1. The van der Waals surface area contributed by atoms with Gasteiger partial charge in [-0.15, -0.1) is 0 Å². The van der Waals surface area contributed by atoms with Gasteiger partial charge in [0.05, 0.1) is 10.5 Å². The average Bonchev–Trinajstić information content (AvgIpc) is 2.24. The first-order valence-corrected chi connectivity index (χ1v) is 5.71. The molecule has 0 radical (unpaired) electrons. The second kappa shape index (κ2) is 5.57. The van der Waals surface area contributed by atoms with E-state index in [0.717, 1.165) is 6.07 Å². The Kier molecular flexibility index (Phi) is 4.57. The number of alkyl halides is 3. The Morgan fingerprint density at radius 2 is 2.06 bits per heavy atom. The van der Waals surface area contributed by atoms with Gasteiger partial charge in [-0.05, 0) is 40.5 Å². The average molecular weight is 325 g/mol. The van der Waals surface area contributed by atoms with Gasteiger partial charge in [0, 0.05) is 12.2 Å². The molecule has 0 aromatic heterocycles. The lowest BCUT2D eigenvalue weighted by Crippen LogP contribution is -2.28. The highest BCUT2D eigenvalue weighted by molar-refractivity contribution is 9.10. The van der Waals surface area contributed by atoms with Crippen LogP contribution in [0, 0.1) is 30.0 Å². The van der Waals surface area contributed by atoms with E-state index in [1.54, 1.807) is 6.92 Å². The summed E-state index contributed by atoms with van der Waals surface area (Å²) in [6, 6.07) is 3.71.